The number of para-hydroxylation sites is 1. The van der Waals surface area contributed by atoms with Gasteiger partial charge in [-0.3, -0.25) is 9.10 Å². The van der Waals surface area contributed by atoms with Crippen LogP contribution in [0.15, 0.2) is 59.5 Å². The van der Waals surface area contributed by atoms with Crippen LogP contribution in [0.1, 0.15) is 25.3 Å². The van der Waals surface area contributed by atoms with Crippen molar-refractivity contribution in [2.24, 2.45) is 0 Å². The number of carbonyl (C=O) groups is 1. The van der Waals surface area contributed by atoms with E-state index in [2.05, 4.69) is 13.0 Å². The lowest BCUT2D eigenvalue weighted by Gasteiger charge is -2.21. The van der Waals surface area contributed by atoms with E-state index >= 15 is 0 Å². The highest BCUT2D eigenvalue weighted by molar-refractivity contribution is 8.00. The minimum atomic E-state index is -3.18. The molecule has 1 fully saturated rings. The second kappa shape index (κ2) is 8.24. The van der Waals surface area contributed by atoms with Crippen LogP contribution in [0.25, 0.3) is 6.08 Å². The molecule has 2 aliphatic rings. The van der Waals surface area contributed by atoms with Crippen molar-refractivity contribution in [2.75, 3.05) is 28.0 Å². The van der Waals surface area contributed by atoms with Crippen LogP contribution in [-0.2, 0) is 14.8 Å². The third-order valence-corrected chi connectivity index (χ3v) is 8.31. The molecule has 4 rings (SSSR count). The summed E-state index contributed by atoms with van der Waals surface area (Å²) in [6, 6.07) is 15.3. The zero-order chi connectivity index (χ0) is 20.4. The molecule has 1 amide bonds. The number of benzene rings is 2. The molecule has 0 radical (unpaired) electrons. The van der Waals surface area contributed by atoms with Gasteiger partial charge in [0.2, 0.25) is 10.0 Å². The average Bonchev–Trinajstić information content (AvgIpc) is 2.97. The molecule has 0 aliphatic carbocycles. The molecule has 1 saturated heterocycles. The highest BCUT2D eigenvalue weighted by Gasteiger charge is 2.28. The second-order valence-corrected chi connectivity index (χ2v) is 10.8. The number of amides is 1. The number of anilines is 2. The van der Waals surface area contributed by atoms with Gasteiger partial charge in [-0.2, -0.15) is 0 Å². The van der Waals surface area contributed by atoms with E-state index in [-0.39, 0.29) is 11.7 Å². The normalized spacial score (nSPS) is 21.2. The third kappa shape index (κ3) is 4.36. The van der Waals surface area contributed by atoms with E-state index in [0.717, 1.165) is 22.6 Å². The Balaban J connectivity index is 1.50. The second-order valence-electron chi connectivity index (χ2n) is 7.34. The topological polar surface area (TPSA) is 57.7 Å². The van der Waals surface area contributed by atoms with Crippen molar-refractivity contribution in [1.29, 1.82) is 0 Å². The number of hydrogen-bond donors (Lipinski definition) is 0. The molecule has 7 heteroatoms. The zero-order valence-corrected chi connectivity index (χ0v) is 18.0. The van der Waals surface area contributed by atoms with Gasteiger partial charge in [0.25, 0.3) is 5.91 Å². The van der Waals surface area contributed by atoms with Gasteiger partial charge in [-0.05, 0) is 48.7 Å². The molecule has 0 N–H and O–H groups in total. The van der Waals surface area contributed by atoms with E-state index in [1.165, 1.54) is 4.31 Å². The van der Waals surface area contributed by atoms with Gasteiger partial charge in [0.15, 0.2) is 0 Å². The minimum absolute atomic E-state index is 0.0432. The van der Waals surface area contributed by atoms with Gasteiger partial charge in [-0.1, -0.05) is 31.2 Å². The molecular weight excluding hydrogens is 404 g/mol. The monoisotopic (exact) mass is 428 g/mol. The summed E-state index contributed by atoms with van der Waals surface area (Å²) in [6.45, 7) is 3.41. The van der Waals surface area contributed by atoms with Crippen molar-refractivity contribution in [3.63, 3.8) is 0 Å². The Morgan fingerprint density at radius 2 is 1.86 bits per heavy atom. The fourth-order valence-electron chi connectivity index (χ4n) is 3.65. The summed E-state index contributed by atoms with van der Waals surface area (Å²) in [7, 11) is -3.18. The van der Waals surface area contributed by atoms with Gasteiger partial charge in [0.05, 0.1) is 17.1 Å². The lowest BCUT2D eigenvalue weighted by Crippen LogP contribution is -2.30. The van der Waals surface area contributed by atoms with Crippen LogP contribution >= 0.6 is 11.8 Å². The summed E-state index contributed by atoms with van der Waals surface area (Å²) < 4.78 is 25.6. The van der Waals surface area contributed by atoms with Gasteiger partial charge in [0, 0.05) is 29.3 Å². The summed E-state index contributed by atoms with van der Waals surface area (Å²) in [5.74, 6) is 0.163. The van der Waals surface area contributed by atoms with Crippen molar-refractivity contribution >= 4 is 45.1 Å². The molecule has 2 heterocycles. The largest absolute Gasteiger partial charge is 0.308 e. The van der Waals surface area contributed by atoms with Gasteiger partial charge < -0.3 is 4.90 Å². The van der Waals surface area contributed by atoms with Crippen molar-refractivity contribution in [2.45, 2.75) is 29.9 Å². The van der Waals surface area contributed by atoms with Crippen molar-refractivity contribution in [3.05, 3.63) is 60.2 Å². The van der Waals surface area contributed by atoms with Crippen LogP contribution in [0.3, 0.4) is 0 Å². The van der Waals surface area contributed by atoms with Gasteiger partial charge >= 0.3 is 0 Å². The van der Waals surface area contributed by atoms with Crippen LogP contribution in [0.4, 0.5) is 11.4 Å². The molecule has 1 atom stereocenters. The van der Waals surface area contributed by atoms with Crippen LogP contribution in [0, 0.1) is 0 Å². The van der Waals surface area contributed by atoms with E-state index in [0.29, 0.717) is 30.4 Å². The summed E-state index contributed by atoms with van der Waals surface area (Å²) in [5.41, 5.74) is 2.51. The predicted octanol–water partition coefficient (Wildman–Crippen LogP) is 4.16. The minimum Gasteiger partial charge on any atom is -0.308 e. The maximum atomic E-state index is 12.9. The molecule has 2 aliphatic heterocycles. The molecule has 0 aromatic heterocycles. The molecule has 29 heavy (non-hydrogen) atoms. The maximum absolute atomic E-state index is 12.9. The summed E-state index contributed by atoms with van der Waals surface area (Å²) in [5, 5.41) is 0.465. The summed E-state index contributed by atoms with van der Waals surface area (Å²) >= 11 is 1.81. The van der Waals surface area contributed by atoms with Crippen molar-refractivity contribution < 1.29 is 13.2 Å². The number of carbonyl (C=O) groups excluding carboxylic acids is 1. The van der Waals surface area contributed by atoms with Gasteiger partial charge in [0.1, 0.15) is 0 Å². The Bertz CT molecular complexity index is 1030. The van der Waals surface area contributed by atoms with Crippen LogP contribution in [-0.4, -0.2) is 38.4 Å². The van der Waals surface area contributed by atoms with E-state index < -0.39 is 10.0 Å². The number of fused-ring (bicyclic) bond motifs is 1. The first-order valence-corrected chi connectivity index (χ1v) is 12.3. The molecular formula is C22H24N2O3S2. The fraction of sp³-hybridized carbons (Fsp3) is 0.318. The lowest BCUT2D eigenvalue weighted by atomic mass is 10.2. The van der Waals surface area contributed by atoms with Gasteiger partial charge in [-0.25, -0.2) is 8.42 Å². The molecule has 152 valence electrons. The first-order chi connectivity index (χ1) is 13.9. The molecule has 0 spiro atoms. The average molecular weight is 429 g/mol. The van der Waals surface area contributed by atoms with Crippen LogP contribution < -0.4 is 9.21 Å². The first kappa shape index (κ1) is 20.0. The van der Waals surface area contributed by atoms with E-state index in [1.807, 2.05) is 47.0 Å². The SMILES string of the molecule is CC1CCN(C(=O)C=Cc2ccc(N3CCCS3(=O)=O)cc2)c2ccccc2S1. The Morgan fingerprint density at radius 1 is 1.10 bits per heavy atom. The Morgan fingerprint density at radius 3 is 2.59 bits per heavy atom. The highest BCUT2D eigenvalue weighted by atomic mass is 32.2. The quantitative estimate of drug-likeness (QED) is 0.689. The van der Waals surface area contributed by atoms with Crippen LogP contribution in [0.5, 0.6) is 0 Å². The smallest absolute Gasteiger partial charge is 0.251 e. The molecule has 0 bridgehead atoms. The fourth-order valence-corrected chi connectivity index (χ4v) is 6.33. The summed E-state index contributed by atoms with van der Waals surface area (Å²) in [6.07, 6.45) is 4.98. The molecule has 5 nitrogen and oxygen atoms in total. The Hall–Kier alpha value is -2.25. The zero-order valence-electron chi connectivity index (χ0n) is 16.3. The molecule has 2 aromatic rings. The van der Waals surface area contributed by atoms with Crippen LogP contribution in [0.2, 0.25) is 0 Å². The Labute approximate surface area is 176 Å². The highest BCUT2D eigenvalue weighted by Crippen LogP contribution is 2.37. The van der Waals surface area contributed by atoms with E-state index in [4.69, 9.17) is 0 Å². The summed E-state index contributed by atoms with van der Waals surface area (Å²) in [4.78, 5) is 15.9. The third-order valence-electron chi connectivity index (χ3n) is 5.21. The number of sulfonamides is 1. The van der Waals surface area contributed by atoms with E-state index in [9.17, 15) is 13.2 Å². The van der Waals surface area contributed by atoms with Crippen molar-refractivity contribution in [1.82, 2.24) is 0 Å². The standard InChI is InChI=1S/C22H24N2O3S2/c1-17-13-15-23(20-5-2-3-6-21(20)28-17)22(25)12-9-18-7-10-19(11-8-18)24-14-4-16-29(24,26)27/h2-3,5-12,17H,4,13-16H2,1H3. The molecule has 0 saturated carbocycles. The number of rotatable bonds is 3. The lowest BCUT2D eigenvalue weighted by molar-refractivity contribution is -0.114. The van der Waals surface area contributed by atoms with E-state index in [1.54, 1.807) is 24.3 Å². The number of hydrogen-bond acceptors (Lipinski definition) is 4. The maximum Gasteiger partial charge on any atom is 0.251 e. The number of thioether (sulfide) groups is 1. The number of nitrogens with zero attached hydrogens (tertiary/aromatic N) is 2. The molecule has 1 unspecified atom stereocenters. The molecule has 2 aromatic carbocycles. The Kier molecular flexibility index (Phi) is 5.69. The van der Waals surface area contributed by atoms with Crippen molar-refractivity contribution in [3.8, 4) is 0 Å². The van der Waals surface area contributed by atoms with Gasteiger partial charge in [-0.15, -0.1) is 11.8 Å². The first-order valence-electron chi connectivity index (χ1n) is 9.80. The predicted molar refractivity (Wildman–Crippen MR) is 120 cm³/mol.